The highest BCUT2D eigenvalue weighted by Crippen LogP contribution is 2.27. The third-order valence-electron chi connectivity index (χ3n) is 3.56. The maximum atomic E-state index is 12.5. The van der Waals surface area contributed by atoms with Crippen LogP contribution in [0.15, 0.2) is 24.3 Å². The van der Waals surface area contributed by atoms with Crippen LogP contribution >= 0.6 is 15.9 Å². The zero-order valence-corrected chi connectivity index (χ0v) is 12.4. The SMILES string of the molecule is CCCN(CCBr)C(=O)C1Cc2ccccc2C1. The zero-order chi connectivity index (χ0) is 13.0. The molecule has 0 aliphatic heterocycles. The lowest BCUT2D eigenvalue weighted by Crippen LogP contribution is -2.38. The van der Waals surface area contributed by atoms with Gasteiger partial charge in [0.05, 0.1) is 0 Å². The molecule has 0 spiro atoms. The number of benzene rings is 1. The number of rotatable bonds is 5. The van der Waals surface area contributed by atoms with Crippen LogP contribution in [0.2, 0.25) is 0 Å². The Morgan fingerprint density at radius 1 is 1.28 bits per heavy atom. The van der Waals surface area contributed by atoms with Gasteiger partial charge in [-0.05, 0) is 30.4 Å². The van der Waals surface area contributed by atoms with Gasteiger partial charge in [0.1, 0.15) is 0 Å². The summed E-state index contributed by atoms with van der Waals surface area (Å²) in [6.07, 6.45) is 2.85. The van der Waals surface area contributed by atoms with Crippen LogP contribution < -0.4 is 0 Å². The van der Waals surface area contributed by atoms with E-state index in [1.165, 1.54) is 11.1 Å². The fourth-order valence-electron chi connectivity index (χ4n) is 2.70. The Hall–Kier alpha value is -0.830. The van der Waals surface area contributed by atoms with E-state index in [-0.39, 0.29) is 5.92 Å². The van der Waals surface area contributed by atoms with Gasteiger partial charge in [-0.15, -0.1) is 0 Å². The van der Waals surface area contributed by atoms with E-state index in [2.05, 4.69) is 47.1 Å². The molecule has 0 N–H and O–H groups in total. The Labute approximate surface area is 117 Å². The van der Waals surface area contributed by atoms with Crippen molar-refractivity contribution < 1.29 is 4.79 Å². The predicted octanol–water partition coefficient (Wildman–Crippen LogP) is 3.03. The first kappa shape index (κ1) is 13.6. The first-order valence-corrected chi connectivity index (χ1v) is 7.80. The van der Waals surface area contributed by atoms with Crippen molar-refractivity contribution in [3.05, 3.63) is 35.4 Å². The molecule has 0 bridgehead atoms. The number of amides is 1. The number of fused-ring (bicyclic) bond motifs is 1. The number of hydrogen-bond acceptors (Lipinski definition) is 1. The van der Waals surface area contributed by atoms with E-state index in [9.17, 15) is 4.79 Å². The predicted molar refractivity (Wildman–Crippen MR) is 78.0 cm³/mol. The minimum atomic E-state index is 0.160. The molecule has 1 aromatic carbocycles. The van der Waals surface area contributed by atoms with Gasteiger partial charge in [-0.3, -0.25) is 4.79 Å². The van der Waals surface area contributed by atoms with Gasteiger partial charge in [-0.1, -0.05) is 47.1 Å². The summed E-state index contributed by atoms with van der Waals surface area (Å²) < 4.78 is 0. The van der Waals surface area contributed by atoms with Crippen LogP contribution in [0.3, 0.4) is 0 Å². The maximum Gasteiger partial charge on any atom is 0.226 e. The molecule has 0 aromatic heterocycles. The molecule has 1 aliphatic rings. The molecule has 2 rings (SSSR count). The molecule has 0 saturated heterocycles. The minimum absolute atomic E-state index is 0.160. The third kappa shape index (κ3) is 2.94. The van der Waals surface area contributed by atoms with Crippen molar-refractivity contribution >= 4 is 21.8 Å². The minimum Gasteiger partial charge on any atom is -0.342 e. The standard InChI is InChI=1S/C15H20BrNO/c1-2-8-17(9-7-16)15(18)14-10-12-5-3-4-6-13(12)11-14/h3-6,14H,2,7-11H2,1H3. The van der Waals surface area contributed by atoms with Crippen LogP contribution in [0.25, 0.3) is 0 Å². The summed E-state index contributed by atoms with van der Waals surface area (Å²) >= 11 is 3.43. The van der Waals surface area contributed by atoms with Gasteiger partial charge >= 0.3 is 0 Å². The van der Waals surface area contributed by atoms with Gasteiger partial charge in [0, 0.05) is 24.3 Å². The van der Waals surface area contributed by atoms with Gasteiger partial charge in [-0.25, -0.2) is 0 Å². The van der Waals surface area contributed by atoms with E-state index in [0.717, 1.165) is 37.7 Å². The second-order valence-electron chi connectivity index (χ2n) is 4.89. The Bertz CT molecular complexity index is 388. The van der Waals surface area contributed by atoms with Crippen molar-refractivity contribution in [2.45, 2.75) is 26.2 Å². The van der Waals surface area contributed by atoms with E-state index >= 15 is 0 Å². The van der Waals surface area contributed by atoms with E-state index < -0.39 is 0 Å². The quantitative estimate of drug-likeness (QED) is 0.766. The highest BCUT2D eigenvalue weighted by Gasteiger charge is 2.29. The van der Waals surface area contributed by atoms with Crippen molar-refractivity contribution in [3.8, 4) is 0 Å². The Kier molecular flexibility index (Phi) is 4.81. The second-order valence-corrected chi connectivity index (χ2v) is 5.68. The van der Waals surface area contributed by atoms with Crippen molar-refractivity contribution in [2.75, 3.05) is 18.4 Å². The van der Waals surface area contributed by atoms with E-state index in [1.54, 1.807) is 0 Å². The summed E-state index contributed by atoms with van der Waals surface area (Å²) in [4.78, 5) is 14.5. The number of nitrogens with zero attached hydrogens (tertiary/aromatic N) is 1. The molecule has 3 heteroatoms. The third-order valence-corrected chi connectivity index (χ3v) is 3.91. The summed E-state index contributed by atoms with van der Waals surface area (Å²) in [5, 5.41) is 0.860. The number of alkyl halides is 1. The van der Waals surface area contributed by atoms with Crippen LogP contribution in [0, 0.1) is 5.92 Å². The lowest BCUT2D eigenvalue weighted by molar-refractivity contribution is -0.135. The molecule has 2 nitrogen and oxygen atoms in total. The highest BCUT2D eigenvalue weighted by atomic mass is 79.9. The summed E-state index contributed by atoms with van der Waals surface area (Å²) in [6.45, 7) is 3.81. The van der Waals surface area contributed by atoms with E-state index in [0.29, 0.717) is 5.91 Å². The van der Waals surface area contributed by atoms with Crippen LogP contribution in [0.4, 0.5) is 0 Å². The second kappa shape index (κ2) is 6.37. The van der Waals surface area contributed by atoms with E-state index in [4.69, 9.17) is 0 Å². The number of halogens is 1. The van der Waals surface area contributed by atoms with Crippen molar-refractivity contribution in [1.29, 1.82) is 0 Å². The van der Waals surface area contributed by atoms with Crippen LogP contribution in [-0.4, -0.2) is 29.2 Å². The van der Waals surface area contributed by atoms with Gasteiger partial charge in [-0.2, -0.15) is 0 Å². The molecule has 98 valence electrons. The highest BCUT2D eigenvalue weighted by molar-refractivity contribution is 9.09. The Morgan fingerprint density at radius 2 is 1.89 bits per heavy atom. The van der Waals surface area contributed by atoms with Crippen LogP contribution in [0.5, 0.6) is 0 Å². The molecule has 0 unspecified atom stereocenters. The van der Waals surface area contributed by atoms with Gasteiger partial charge in [0.2, 0.25) is 5.91 Å². The van der Waals surface area contributed by atoms with Gasteiger partial charge < -0.3 is 4.90 Å². The number of carbonyl (C=O) groups is 1. The zero-order valence-electron chi connectivity index (χ0n) is 10.9. The molecule has 0 atom stereocenters. The molecule has 1 aromatic rings. The summed E-state index contributed by atoms with van der Waals surface area (Å²) in [5.74, 6) is 0.487. The molecule has 0 heterocycles. The van der Waals surface area contributed by atoms with Gasteiger partial charge in [0.25, 0.3) is 0 Å². The molecule has 0 saturated carbocycles. The number of carbonyl (C=O) groups excluding carboxylic acids is 1. The van der Waals surface area contributed by atoms with Crippen molar-refractivity contribution in [1.82, 2.24) is 4.90 Å². The van der Waals surface area contributed by atoms with Gasteiger partial charge in [0.15, 0.2) is 0 Å². The molecule has 1 amide bonds. The van der Waals surface area contributed by atoms with Crippen molar-refractivity contribution in [3.63, 3.8) is 0 Å². The summed E-state index contributed by atoms with van der Waals surface area (Å²) in [5.41, 5.74) is 2.71. The average molecular weight is 310 g/mol. The molecule has 0 fully saturated rings. The topological polar surface area (TPSA) is 20.3 Å². The average Bonchev–Trinajstić information content (AvgIpc) is 2.81. The molecule has 1 aliphatic carbocycles. The lowest BCUT2D eigenvalue weighted by Gasteiger charge is -2.24. The fourth-order valence-corrected chi connectivity index (χ4v) is 3.12. The first-order chi connectivity index (χ1) is 8.76. The van der Waals surface area contributed by atoms with Crippen molar-refractivity contribution in [2.24, 2.45) is 5.92 Å². The normalized spacial score (nSPS) is 14.6. The molecular weight excluding hydrogens is 290 g/mol. The van der Waals surface area contributed by atoms with Crippen LogP contribution in [0.1, 0.15) is 24.5 Å². The fraction of sp³-hybridized carbons (Fsp3) is 0.533. The monoisotopic (exact) mass is 309 g/mol. The smallest absolute Gasteiger partial charge is 0.226 e. The Balaban J connectivity index is 2.03. The molecule has 18 heavy (non-hydrogen) atoms. The Morgan fingerprint density at radius 3 is 2.39 bits per heavy atom. The maximum absolute atomic E-state index is 12.5. The summed E-state index contributed by atoms with van der Waals surface area (Å²) in [6, 6.07) is 8.43. The van der Waals surface area contributed by atoms with Crippen LogP contribution in [-0.2, 0) is 17.6 Å². The summed E-state index contributed by atoms with van der Waals surface area (Å²) in [7, 11) is 0. The number of hydrogen-bond donors (Lipinski definition) is 0. The first-order valence-electron chi connectivity index (χ1n) is 6.67. The molecular formula is C15H20BrNO. The largest absolute Gasteiger partial charge is 0.342 e. The lowest BCUT2D eigenvalue weighted by atomic mass is 10.0. The van der Waals surface area contributed by atoms with E-state index in [1.807, 2.05) is 4.90 Å². The molecule has 0 radical (unpaired) electrons.